The van der Waals surface area contributed by atoms with Crippen LogP contribution in [0.25, 0.3) is 0 Å². The lowest BCUT2D eigenvalue weighted by atomic mass is 10.4. The summed E-state index contributed by atoms with van der Waals surface area (Å²) in [5, 5.41) is 0. The molecule has 0 fully saturated rings. The Balaban J connectivity index is 4.09. The first kappa shape index (κ1) is 12.3. The van der Waals surface area contributed by atoms with Gasteiger partial charge in [0.25, 0.3) is 0 Å². The molecular weight excluding hydrogens is 170 g/mol. The summed E-state index contributed by atoms with van der Waals surface area (Å²) in [5.74, 6) is 0.589. The molecule has 0 aliphatic heterocycles. The van der Waals surface area contributed by atoms with Crippen LogP contribution < -0.4 is 0 Å². The molecule has 0 rings (SSSR count). The maximum Gasteiger partial charge on any atom is 0.183 e. The first-order valence-corrected chi connectivity index (χ1v) is 4.18. The van der Waals surface area contributed by atoms with E-state index in [9.17, 15) is 0 Å². The van der Waals surface area contributed by atoms with E-state index in [0.29, 0.717) is 19.0 Å². The summed E-state index contributed by atoms with van der Waals surface area (Å²) >= 11 is 0. The molecule has 0 aromatic rings. The number of nitrogens with zero attached hydrogens (tertiary/aromatic N) is 1. The zero-order valence-electron chi connectivity index (χ0n) is 8.87. The third kappa shape index (κ3) is 4.15. The lowest BCUT2D eigenvalue weighted by molar-refractivity contribution is -0.0385. The van der Waals surface area contributed by atoms with Gasteiger partial charge in [-0.1, -0.05) is 0 Å². The molecule has 0 aliphatic carbocycles. The third-order valence-electron chi connectivity index (χ3n) is 1.87. The minimum Gasteiger partial charge on any atom is -0.483 e. The molecular formula is C9H19NO3. The Labute approximate surface area is 80.1 Å². The zero-order valence-corrected chi connectivity index (χ0v) is 8.87. The molecule has 1 atom stereocenters. The van der Waals surface area contributed by atoms with Crippen LogP contribution in [0.2, 0.25) is 0 Å². The van der Waals surface area contributed by atoms with E-state index < -0.39 is 0 Å². The smallest absolute Gasteiger partial charge is 0.183 e. The van der Waals surface area contributed by atoms with Gasteiger partial charge in [0.1, 0.15) is 6.23 Å². The van der Waals surface area contributed by atoms with Gasteiger partial charge in [-0.3, -0.25) is 0 Å². The Hall–Kier alpha value is -0.740. The average Bonchev–Trinajstić information content (AvgIpc) is 2.17. The van der Waals surface area contributed by atoms with Gasteiger partial charge in [0, 0.05) is 20.8 Å². The van der Waals surface area contributed by atoms with Gasteiger partial charge in [-0.05, 0) is 13.5 Å². The molecule has 0 aromatic carbocycles. The molecule has 13 heavy (non-hydrogen) atoms. The van der Waals surface area contributed by atoms with E-state index in [2.05, 4.69) is 6.58 Å². The van der Waals surface area contributed by atoms with Crippen LogP contribution in [0.1, 0.15) is 6.92 Å². The molecule has 0 N–H and O–H groups in total. The standard InChI is InChI=1S/C9H19NO3/c1-8(12-4)10(6-7-11-3)9(2)13-5/h9H,1,6-7H2,2-5H3. The Kier molecular flexibility index (Phi) is 6.36. The maximum atomic E-state index is 5.16. The van der Waals surface area contributed by atoms with Crippen LogP contribution in [0.4, 0.5) is 0 Å². The topological polar surface area (TPSA) is 30.9 Å². The van der Waals surface area contributed by atoms with Crippen molar-refractivity contribution in [1.82, 2.24) is 4.90 Å². The summed E-state index contributed by atoms with van der Waals surface area (Å²) in [6.45, 7) is 7.02. The van der Waals surface area contributed by atoms with Gasteiger partial charge < -0.3 is 19.1 Å². The Morgan fingerprint density at radius 3 is 2.38 bits per heavy atom. The number of hydrogen-bond acceptors (Lipinski definition) is 4. The van der Waals surface area contributed by atoms with E-state index >= 15 is 0 Å². The van der Waals surface area contributed by atoms with Crippen molar-refractivity contribution in [1.29, 1.82) is 0 Å². The fourth-order valence-corrected chi connectivity index (χ4v) is 0.943. The van der Waals surface area contributed by atoms with Gasteiger partial charge in [0.2, 0.25) is 0 Å². The molecule has 0 bridgehead atoms. The van der Waals surface area contributed by atoms with Crippen LogP contribution >= 0.6 is 0 Å². The quantitative estimate of drug-likeness (QED) is 0.442. The van der Waals surface area contributed by atoms with E-state index in [4.69, 9.17) is 14.2 Å². The van der Waals surface area contributed by atoms with Crippen LogP contribution in [0.5, 0.6) is 0 Å². The van der Waals surface area contributed by atoms with E-state index in [-0.39, 0.29) is 6.23 Å². The van der Waals surface area contributed by atoms with Gasteiger partial charge >= 0.3 is 0 Å². The number of methoxy groups -OCH3 is 3. The van der Waals surface area contributed by atoms with Crippen LogP contribution in [-0.4, -0.2) is 45.6 Å². The highest BCUT2D eigenvalue weighted by Crippen LogP contribution is 2.08. The third-order valence-corrected chi connectivity index (χ3v) is 1.87. The molecule has 0 saturated carbocycles. The minimum absolute atomic E-state index is 0.0531. The first-order valence-electron chi connectivity index (χ1n) is 4.18. The molecule has 0 amide bonds. The highest BCUT2D eigenvalue weighted by atomic mass is 16.5. The monoisotopic (exact) mass is 189 g/mol. The molecule has 0 saturated heterocycles. The van der Waals surface area contributed by atoms with Crippen molar-refractivity contribution in [2.75, 3.05) is 34.5 Å². The van der Waals surface area contributed by atoms with E-state index in [1.807, 2.05) is 11.8 Å². The molecule has 4 nitrogen and oxygen atoms in total. The highest BCUT2D eigenvalue weighted by molar-refractivity contribution is 4.83. The second-order valence-electron chi connectivity index (χ2n) is 2.62. The van der Waals surface area contributed by atoms with Crippen molar-refractivity contribution in [3.8, 4) is 0 Å². The van der Waals surface area contributed by atoms with Gasteiger partial charge in [-0.15, -0.1) is 0 Å². The SMILES string of the molecule is C=C(OC)N(CCOC)C(C)OC. The second kappa shape index (κ2) is 6.74. The summed E-state index contributed by atoms with van der Waals surface area (Å²) in [7, 11) is 4.89. The van der Waals surface area contributed by atoms with Crippen molar-refractivity contribution in [2.45, 2.75) is 13.2 Å². The van der Waals surface area contributed by atoms with Crippen molar-refractivity contribution in [3.63, 3.8) is 0 Å². The van der Waals surface area contributed by atoms with E-state index in [1.165, 1.54) is 0 Å². The highest BCUT2D eigenvalue weighted by Gasteiger charge is 2.14. The molecule has 78 valence electrons. The minimum atomic E-state index is -0.0531. The van der Waals surface area contributed by atoms with Crippen LogP contribution in [0.15, 0.2) is 12.5 Å². The van der Waals surface area contributed by atoms with Crippen molar-refractivity contribution < 1.29 is 14.2 Å². The molecule has 0 spiro atoms. The van der Waals surface area contributed by atoms with Crippen molar-refractivity contribution >= 4 is 0 Å². The van der Waals surface area contributed by atoms with E-state index in [0.717, 1.165) is 0 Å². The Morgan fingerprint density at radius 2 is 2.00 bits per heavy atom. The number of rotatable bonds is 7. The second-order valence-corrected chi connectivity index (χ2v) is 2.62. The number of ether oxygens (including phenoxy) is 3. The van der Waals surface area contributed by atoms with E-state index in [1.54, 1.807) is 21.3 Å². The molecule has 0 heterocycles. The van der Waals surface area contributed by atoms with Crippen LogP contribution in [-0.2, 0) is 14.2 Å². The zero-order chi connectivity index (χ0) is 10.3. The normalized spacial score (nSPS) is 12.3. The summed E-state index contributed by atoms with van der Waals surface area (Å²) < 4.78 is 15.2. The summed E-state index contributed by atoms with van der Waals surface area (Å²) in [6, 6.07) is 0. The van der Waals surface area contributed by atoms with Crippen molar-refractivity contribution in [3.05, 3.63) is 12.5 Å². The largest absolute Gasteiger partial charge is 0.483 e. The lowest BCUT2D eigenvalue weighted by Gasteiger charge is -2.29. The maximum absolute atomic E-state index is 5.16. The van der Waals surface area contributed by atoms with Gasteiger partial charge in [0.05, 0.1) is 13.7 Å². The summed E-state index contributed by atoms with van der Waals surface area (Å²) in [6.07, 6.45) is -0.0531. The lowest BCUT2D eigenvalue weighted by Crippen LogP contribution is -2.36. The van der Waals surface area contributed by atoms with Crippen molar-refractivity contribution in [2.24, 2.45) is 0 Å². The summed E-state index contributed by atoms with van der Waals surface area (Å²) in [4.78, 5) is 1.89. The number of hydrogen-bond donors (Lipinski definition) is 0. The van der Waals surface area contributed by atoms with Gasteiger partial charge in [0.15, 0.2) is 5.88 Å². The fourth-order valence-electron chi connectivity index (χ4n) is 0.943. The Morgan fingerprint density at radius 1 is 1.38 bits per heavy atom. The average molecular weight is 189 g/mol. The predicted octanol–water partition coefficient (Wildman–Crippen LogP) is 1.04. The molecule has 0 aliphatic rings. The first-order chi connectivity index (χ1) is 6.17. The fraction of sp³-hybridized carbons (Fsp3) is 0.778. The molecule has 0 aromatic heterocycles. The van der Waals surface area contributed by atoms with Crippen LogP contribution in [0, 0.1) is 0 Å². The molecule has 4 heteroatoms. The van der Waals surface area contributed by atoms with Crippen LogP contribution in [0.3, 0.4) is 0 Å². The van der Waals surface area contributed by atoms with Gasteiger partial charge in [-0.2, -0.15) is 0 Å². The molecule has 1 unspecified atom stereocenters. The predicted molar refractivity (Wildman–Crippen MR) is 51.2 cm³/mol. The summed E-state index contributed by atoms with van der Waals surface area (Å²) in [5.41, 5.74) is 0. The molecule has 0 radical (unpaired) electrons. The van der Waals surface area contributed by atoms with Gasteiger partial charge in [-0.25, -0.2) is 0 Å². The Bertz CT molecular complexity index is 150.